The van der Waals surface area contributed by atoms with E-state index in [1.807, 2.05) is 19.1 Å². The van der Waals surface area contributed by atoms with Crippen LogP contribution in [0.3, 0.4) is 0 Å². The van der Waals surface area contributed by atoms with Crippen molar-refractivity contribution >= 4 is 5.97 Å². The van der Waals surface area contributed by atoms with Gasteiger partial charge in [-0.3, -0.25) is 0 Å². The van der Waals surface area contributed by atoms with E-state index in [0.717, 1.165) is 5.75 Å². The summed E-state index contributed by atoms with van der Waals surface area (Å²) in [6.07, 6.45) is 0. The average molecular weight is 384 g/mol. The number of carbonyl (C=O) groups is 1. The molecule has 0 heterocycles. The van der Waals surface area contributed by atoms with Gasteiger partial charge in [0.1, 0.15) is 41.8 Å². The third-order valence-electron chi connectivity index (χ3n) is 2.96. The fourth-order valence-corrected chi connectivity index (χ4v) is 1.90. The van der Waals surface area contributed by atoms with E-state index in [0.29, 0.717) is 24.7 Å². The molecule has 0 aliphatic carbocycles. The van der Waals surface area contributed by atoms with Gasteiger partial charge in [-0.2, -0.15) is 0 Å². The molecule has 0 atom stereocenters. The Morgan fingerprint density at radius 3 is 1.92 bits per heavy atom. The van der Waals surface area contributed by atoms with Crippen molar-refractivity contribution in [1.29, 1.82) is 0 Å². The Hall–Kier alpha value is -2.27. The van der Waals surface area contributed by atoms with Gasteiger partial charge >= 0.3 is 5.97 Å². The van der Waals surface area contributed by atoms with Crippen molar-refractivity contribution in [3.05, 3.63) is 48.0 Å². The second-order valence-electron chi connectivity index (χ2n) is 4.59. The van der Waals surface area contributed by atoms with Crippen molar-refractivity contribution < 1.29 is 48.7 Å². The maximum Gasteiger partial charge on any atom is 0.339 e. The van der Waals surface area contributed by atoms with Crippen LogP contribution in [0, 0.1) is 0 Å². The van der Waals surface area contributed by atoms with Crippen molar-refractivity contribution in [2.24, 2.45) is 0 Å². The van der Waals surface area contributed by atoms with E-state index in [4.69, 9.17) is 19.3 Å². The predicted octanol–water partition coefficient (Wildman–Crippen LogP) is 2.94. The zero-order valence-electron chi connectivity index (χ0n) is 13.4. The molecule has 0 saturated heterocycles. The summed E-state index contributed by atoms with van der Waals surface area (Å²) in [6, 6.07) is 11.3. The summed E-state index contributed by atoms with van der Waals surface area (Å²) < 4.78 is 16.3. The van der Waals surface area contributed by atoms with Crippen molar-refractivity contribution in [3.63, 3.8) is 0 Å². The van der Waals surface area contributed by atoms with Crippen LogP contribution in [0.2, 0.25) is 0 Å². The number of hydrogen-bond donors (Lipinski definition) is 2. The summed E-state index contributed by atoms with van der Waals surface area (Å²) in [6.45, 7) is 3.11. The Morgan fingerprint density at radius 1 is 0.917 bits per heavy atom. The molecule has 2 aromatic carbocycles. The molecule has 0 aliphatic rings. The van der Waals surface area contributed by atoms with Gasteiger partial charge in [0.15, 0.2) is 0 Å². The van der Waals surface area contributed by atoms with Gasteiger partial charge in [-0.15, -0.1) is 0 Å². The number of phenols is 1. The van der Waals surface area contributed by atoms with Crippen LogP contribution in [0.15, 0.2) is 42.5 Å². The molecule has 2 rings (SSSR count). The summed E-state index contributed by atoms with van der Waals surface area (Å²) in [5.74, 6) is 0.337. The molecular weight excluding hydrogens is 366 g/mol. The number of rotatable bonds is 8. The van der Waals surface area contributed by atoms with Gasteiger partial charge in [0.05, 0.1) is 6.61 Å². The fraction of sp³-hybridized carbons (Fsp3) is 0.235. The minimum Gasteiger partial charge on any atom is -0.507 e. The molecule has 6 nitrogen and oxygen atoms in total. The van der Waals surface area contributed by atoms with Gasteiger partial charge in [0, 0.05) is 25.5 Å². The molecule has 0 aromatic heterocycles. The molecule has 0 fully saturated rings. The van der Waals surface area contributed by atoms with Gasteiger partial charge < -0.3 is 24.4 Å². The third-order valence-corrected chi connectivity index (χ3v) is 2.96. The summed E-state index contributed by atoms with van der Waals surface area (Å²) in [7, 11) is 0. The smallest absolute Gasteiger partial charge is 0.339 e. The molecule has 124 valence electrons. The summed E-state index contributed by atoms with van der Waals surface area (Å²) in [5, 5.41) is 18.4. The van der Waals surface area contributed by atoms with E-state index in [1.165, 1.54) is 18.2 Å². The number of carboxylic acid groups (broad SMARTS) is 1. The maximum atomic E-state index is 10.8. The quantitative estimate of drug-likeness (QED) is 0.538. The number of hydrogen-bond acceptors (Lipinski definition) is 5. The number of ether oxygens (including phenoxy) is 3. The summed E-state index contributed by atoms with van der Waals surface area (Å²) in [4.78, 5) is 10.8. The number of aromatic carboxylic acids is 1. The van der Waals surface area contributed by atoms with Crippen molar-refractivity contribution in [2.45, 2.75) is 6.92 Å². The molecule has 0 radical (unpaired) electrons. The van der Waals surface area contributed by atoms with E-state index in [1.54, 1.807) is 12.1 Å². The van der Waals surface area contributed by atoms with E-state index >= 15 is 0 Å². The van der Waals surface area contributed by atoms with E-state index in [-0.39, 0.29) is 37.4 Å². The zero-order valence-corrected chi connectivity index (χ0v) is 16.4. The van der Waals surface area contributed by atoms with Crippen LogP contribution in [0.4, 0.5) is 0 Å². The van der Waals surface area contributed by atoms with Crippen LogP contribution in [0.25, 0.3) is 0 Å². The average Bonchev–Trinajstić information content (AvgIpc) is 2.53. The van der Waals surface area contributed by atoms with Crippen LogP contribution >= 0.6 is 0 Å². The maximum absolute atomic E-state index is 10.8. The van der Waals surface area contributed by atoms with Crippen LogP contribution in [-0.2, 0) is 19.5 Å². The molecule has 24 heavy (non-hydrogen) atoms. The summed E-state index contributed by atoms with van der Waals surface area (Å²) >= 11 is 0. The van der Waals surface area contributed by atoms with Gasteiger partial charge in [0.2, 0.25) is 0 Å². The first kappa shape index (κ1) is 19.8. The number of aromatic hydroxyl groups is 1. The summed E-state index contributed by atoms with van der Waals surface area (Å²) in [5.41, 5.74) is -0.164. The van der Waals surface area contributed by atoms with Crippen molar-refractivity contribution in [1.82, 2.24) is 0 Å². The van der Waals surface area contributed by atoms with E-state index in [2.05, 4.69) is 0 Å². The van der Waals surface area contributed by atoms with Gasteiger partial charge in [-0.05, 0) is 43.3 Å². The first-order valence-electron chi connectivity index (χ1n) is 7.15. The van der Waals surface area contributed by atoms with Crippen LogP contribution in [0.1, 0.15) is 17.3 Å². The molecule has 0 spiro atoms. The molecule has 0 aliphatic heterocycles. The number of benzene rings is 2. The minimum atomic E-state index is -1.19. The van der Waals surface area contributed by atoms with E-state index < -0.39 is 5.97 Å². The Bertz CT molecular complexity index is 657. The Balaban J connectivity index is 0.00000288. The normalized spacial score (nSPS) is 9.71. The van der Waals surface area contributed by atoms with Gasteiger partial charge in [-0.1, -0.05) is 0 Å². The van der Waals surface area contributed by atoms with Crippen LogP contribution in [-0.4, -0.2) is 36.0 Å². The molecule has 2 aromatic rings. The minimum absolute atomic E-state index is 0. The predicted molar refractivity (Wildman–Crippen MR) is 83.7 cm³/mol. The molecule has 0 unspecified atom stereocenters. The Labute approximate surface area is 152 Å². The molecule has 2 N–H and O–H groups in total. The van der Waals surface area contributed by atoms with Crippen LogP contribution in [0.5, 0.6) is 23.0 Å². The Kier molecular flexibility index (Phi) is 8.06. The zero-order chi connectivity index (χ0) is 16.7. The van der Waals surface area contributed by atoms with E-state index in [9.17, 15) is 9.90 Å². The first-order valence-corrected chi connectivity index (χ1v) is 7.15. The molecule has 0 saturated carbocycles. The fourth-order valence-electron chi connectivity index (χ4n) is 1.90. The van der Waals surface area contributed by atoms with Crippen molar-refractivity contribution in [2.75, 3.05) is 19.8 Å². The largest absolute Gasteiger partial charge is 0.507 e. The topological polar surface area (TPSA) is 85.2 Å². The molecule has 0 amide bonds. The first-order chi connectivity index (χ1) is 11.1. The molecular formula is C17H18O6Zn. The monoisotopic (exact) mass is 382 g/mol. The second-order valence-corrected chi connectivity index (χ2v) is 4.59. The Morgan fingerprint density at radius 2 is 1.42 bits per heavy atom. The molecule has 0 bridgehead atoms. The standard InChI is InChI=1S/C17H18O6.Zn/c1-2-21-12-3-5-13(6-4-12)22-9-10-23-14-7-8-15(17(19)20)16(18)11-14;/h3-8,11,18H,2,9-10H2,1H3,(H,19,20);. The van der Waals surface area contributed by atoms with Gasteiger partial charge in [0.25, 0.3) is 0 Å². The van der Waals surface area contributed by atoms with Crippen LogP contribution < -0.4 is 14.2 Å². The van der Waals surface area contributed by atoms with Crippen molar-refractivity contribution in [3.8, 4) is 23.0 Å². The number of carboxylic acids is 1. The third kappa shape index (κ3) is 5.74. The molecule has 7 heteroatoms. The second kappa shape index (κ2) is 9.78. The van der Waals surface area contributed by atoms with Gasteiger partial charge in [-0.25, -0.2) is 4.79 Å². The SMILES string of the molecule is CCOc1ccc(OCCOc2ccc(C(=O)O)c(O)c2)cc1.[Zn].